The van der Waals surface area contributed by atoms with E-state index in [4.69, 9.17) is 10.5 Å². The Kier molecular flexibility index (Phi) is 6.75. The number of nitrogens with zero attached hydrogens (tertiary/aromatic N) is 2. The Bertz CT molecular complexity index is 660. The molecule has 0 spiro atoms. The Morgan fingerprint density at radius 3 is 2.48 bits per heavy atom. The van der Waals surface area contributed by atoms with Crippen molar-refractivity contribution < 1.29 is 18.1 Å². The van der Waals surface area contributed by atoms with Crippen LogP contribution in [0.2, 0.25) is 0 Å². The molecule has 0 aromatic heterocycles. The fourth-order valence-electron chi connectivity index (χ4n) is 2.51. The summed E-state index contributed by atoms with van der Waals surface area (Å²) < 4.78 is 31.8. The molecule has 1 saturated heterocycles. The Labute approximate surface area is 141 Å². The molecule has 1 heterocycles. The van der Waals surface area contributed by atoms with Crippen LogP contribution in [-0.4, -0.2) is 44.4 Å². The van der Waals surface area contributed by atoms with Crippen LogP contribution in [-0.2, 0) is 10.0 Å². The summed E-state index contributed by atoms with van der Waals surface area (Å²) in [5.41, 5.74) is 5.40. The molecule has 8 nitrogen and oxygen atoms in total. The number of benzene rings is 1. The Balaban J connectivity index is 0.00000264. The molecule has 0 saturated carbocycles. The van der Waals surface area contributed by atoms with E-state index in [9.17, 15) is 18.5 Å². The van der Waals surface area contributed by atoms with Gasteiger partial charge in [0.25, 0.3) is 5.69 Å². The molecule has 1 aromatic rings. The average molecular weight is 366 g/mol. The number of nitro groups is 1. The first-order chi connectivity index (χ1) is 10.4. The van der Waals surface area contributed by atoms with Gasteiger partial charge < -0.3 is 10.5 Å². The second kappa shape index (κ2) is 7.91. The normalized spacial score (nSPS) is 16.6. The van der Waals surface area contributed by atoms with Gasteiger partial charge in [0.05, 0.1) is 18.1 Å². The fraction of sp³-hybridized carbons (Fsp3) is 0.538. The van der Waals surface area contributed by atoms with Crippen LogP contribution >= 0.6 is 12.4 Å². The third-order valence-corrected chi connectivity index (χ3v) is 5.82. The lowest BCUT2D eigenvalue weighted by Gasteiger charge is -2.30. The van der Waals surface area contributed by atoms with Crippen molar-refractivity contribution in [2.24, 2.45) is 11.7 Å². The summed E-state index contributed by atoms with van der Waals surface area (Å²) in [6, 6.07) is 3.52. The van der Waals surface area contributed by atoms with Gasteiger partial charge in [-0.25, -0.2) is 8.42 Å². The van der Waals surface area contributed by atoms with Crippen LogP contribution in [0.15, 0.2) is 23.1 Å². The maximum absolute atomic E-state index is 12.7. The number of halogens is 1. The van der Waals surface area contributed by atoms with E-state index >= 15 is 0 Å². The third-order valence-electron chi connectivity index (χ3n) is 3.88. The van der Waals surface area contributed by atoms with E-state index in [0.29, 0.717) is 38.4 Å². The van der Waals surface area contributed by atoms with Crippen molar-refractivity contribution >= 4 is 28.1 Å². The zero-order chi connectivity index (χ0) is 16.3. The third kappa shape index (κ3) is 4.11. The summed E-state index contributed by atoms with van der Waals surface area (Å²) in [5, 5.41) is 10.8. The van der Waals surface area contributed by atoms with Gasteiger partial charge in [-0.15, -0.1) is 12.4 Å². The summed E-state index contributed by atoms with van der Waals surface area (Å²) in [6.07, 6.45) is 1.43. The van der Waals surface area contributed by atoms with Crippen LogP contribution in [0.25, 0.3) is 0 Å². The second-order valence-electron chi connectivity index (χ2n) is 5.18. The van der Waals surface area contributed by atoms with E-state index < -0.39 is 14.9 Å². The van der Waals surface area contributed by atoms with E-state index in [1.54, 1.807) is 0 Å². The van der Waals surface area contributed by atoms with Crippen molar-refractivity contribution in [3.8, 4) is 5.75 Å². The van der Waals surface area contributed by atoms with Crippen LogP contribution in [0.1, 0.15) is 12.8 Å². The number of piperidine rings is 1. The van der Waals surface area contributed by atoms with Crippen molar-refractivity contribution in [1.29, 1.82) is 0 Å². The van der Waals surface area contributed by atoms with E-state index in [0.717, 1.165) is 6.07 Å². The number of nitro benzene ring substituents is 1. The molecule has 0 bridgehead atoms. The fourth-order valence-corrected chi connectivity index (χ4v) is 4.11. The lowest BCUT2D eigenvalue weighted by molar-refractivity contribution is -0.385. The summed E-state index contributed by atoms with van der Waals surface area (Å²) >= 11 is 0. The quantitative estimate of drug-likeness (QED) is 0.622. The predicted molar refractivity (Wildman–Crippen MR) is 87.4 cm³/mol. The molecule has 2 N–H and O–H groups in total. The van der Waals surface area contributed by atoms with Crippen molar-refractivity contribution in [2.75, 3.05) is 26.7 Å². The molecule has 0 unspecified atom stereocenters. The SMILES string of the molecule is COc1cc([N+](=O)[O-])ccc1S(=O)(=O)N1CCC(CN)CC1.Cl. The van der Waals surface area contributed by atoms with Gasteiger partial charge in [-0.05, 0) is 31.4 Å². The van der Waals surface area contributed by atoms with Crippen LogP contribution in [0.5, 0.6) is 5.75 Å². The van der Waals surface area contributed by atoms with E-state index in [1.807, 2.05) is 0 Å². The van der Waals surface area contributed by atoms with Gasteiger partial charge in [0.1, 0.15) is 10.6 Å². The molecule has 0 atom stereocenters. The highest BCUT2D eigenvalue weighted by molar-refractivity contribution is 7.89. The molecule has 130 valence electrons. The van der Waals surface area contributed by atoms with E-state index in [2.05, 4.69) is 0 Å². The minimum absolute atomic E-state index is 0. The van der Waals surface area contributed by atoms with Crippen molar-refractivity contribution in [1.82, 2.24) is 4.31 Å². The molecule has 1 aromatic carbocycles. The van der Waals surface area contributed by atoms with Crippen LogP contribution in [0.4, 0.5) is 5.69 Å². The maximum Gasteiger partial charge on any atom is 0.273 e. The van der Waals surface area contributed by atoms with Crippen molar-refractivity contribution in [3.05, 3.63) is 28.3 Å². The molecule has 2 rings (SSSR count). The maximum atomic E-state index is 12.7. The van der Waals surface area contributed by atoms with Crippen LogP contribution < -0.4 is 10.5 Å². The number of non-ortho nitro benzene ring substituents is 1. The first kappa shape index (κ1) is 19.6. The second-order valence-corrected chi connectivity index (χ2v) is 7.08. The van der Waals surface area contributed by atoms with Gasteiger partial charge in [-0.3, -0.25) is 10.1 Å². The summed E-state index contributed by atoms with van der Waals surface area (Å²) in [4.78, 5) is 10.1. The monoisotopic (exact) mass is 365 g/mol. The van der Waals surface area contributed by atoms with Gasteiger partial charge in [0, 0.05) is 19.2 Å². The highest BCUT2D eigenvalue weighted by atomic mass is 35.5. The Morgan fingerprint density at radius 2 is 2.00 bits per heavy atom. The molecule has 0 aliphatic carbocycles. The predicted octanol–water partition coefficient (Wildman–Crippen LogP) is 1.38. The smallest absolute Gasteiger partial charge is 0.273 e. The van der Waals surface area contributed by atoms with Crippen LogP contribution in [0.3, 0.4) is 0 Å². The number of ether oxygens (including phenoxy) is 1. The van der Waals surface area contributed by atoms with Gasteiger partial charge in [0.2, 0.25) is 10.0 Å². The van der Waals surface area contributed by atoms with E-state index in [-0.39, 0.29) is 28.7 Å². The average Bonchev–Trinajstić information content (AvgIpc) is 2.54. The van der Waals surface area contributed by atoms with Crippen LogP contribution in [0, 0.1) is 16.0 Å². The Morgan fingerprint density at radius 1 is 1.39 bits per heavy atom. The molecule has 1 aliphatic rings. The van der Waals surface area contributed by atoms with Gasteiger partial charge in [0.15, 0.2) is 0 Å². The minimum Gasteiger partial charge on any atom is -0.495 e. The Hall–Kier alpha value is -1.42. The number of hydrogen-bond donors (Lipinski definition) is 1. The van der Waals surface area contributed by atoms with Crippen molar-refractivity contribution in [3.63, 3.8) is 0 Å². The van der Waals surface area contributed by atoms with Gasteiger partial charge >= 0.3 is 0 Å². The minimum atomic E-state index is -3.73. The molecular formula is C13H20ClN3O5S. The number of nitrogens with two attached hydrogens (primary N) is 1. The molecule has 10 heteroatoms. The zero-order valence-electron chi connectivity index (χ0n) is 12.7. The van der Waals surface area contributed by atoms with E-state index in [1.165, 1.54) is 23.5 Å². The number of sulfonamides is 1. The van der Waals surface area contributed by atoms with Gasteiger partial charge in [-0.2, -0.15) is 4.31 Å². The molecule has 0 radical (unpaired) electrons. The molecule has 1 fully saturated rings. The van der Waals surface area contributed by atoms with Crippen molar-refractivity contribution in [2.45, 2.75) is 17.7 Å². The lowest BCUT2D eigenvalue weighted by Crippen LogP contribution is -2.40. The topological polar surface area (TPSA) is 116 Å². The summed E-state index contributed by atoms with van der Waals surface area (Å²) in [7, 11) is -2.44. The molecule has 0 amide bonds. The van der Waals surface area contributed by atoms with Gasteiger partial charge in [-0.1, -0.05) is 0 Å². The first-order valence-corrected chi connectivity index (χ1v) is 8.36. The standard InChI is InChI=1S/C13H19N3O5S.ClH/c1-21-12-8-11(16(17)18)2-3-13(12)22(19,20)15-6-4-10(9-14)5-7-15;/h2-3,8,10H,4-7,9,14H2,1H3;1H. The molecular weight excluding hydrogens is 346 g/mol. The molecule has 1 aliphatic heterocycles. The summed E-state index contributed by atoms with van der Waals surface area (Å²) in [5.74, 6) is 0.320. The largest absolute Gasteiger partial charge is 0.495 e. The molecule has 23 heavy (non-hydrogen) atoms. The highest BCUT2D eigenvalue weighted by Gasteiger charge is 2.31. The number of hydrogen-bond acceptors (Lipinski definition) is 6. The first-order valence-electron chi connectivity index (χ1n) is 6.92. The zero-order valence-corrected chi connectivity index (χ0v) is 14.3. The number of rotatable bonds is 5. The number of methoxy groups -OCH3 is 1. The highest BCUT2D eigenvalue weighted by Crippen LogP contribution is 2.32. The summed E-state index contributed by atoms with van der Waals surface area (Å²) in [6.45, 7) is 1.34. The lowest BCUT2D eigenvalue weighted by atomic mass is 9.99.